The number of carbonyl (C=O) groups excluding carboxylic acids is 1. The first kappa shape index (κ1) is 19.4. The molecule has 0 aliphatic heterocycles. The lowest BCUT2D eigenvalue weighted by Crippen LogP contribution is -2.23. The van der Waals surface area contributed by atoms with Gasteiger partial charge in [0.2, 0.25) is 5.91 Å². The monoisotopic (exact) mass is 359 g/mol. The Kier molecular flexibility index (Phi) is 7.40. The molecule has 1 N–H and O–H groups in total. The van der Waals surface area contributed by atoms with Crippen molar-refractivity contribution >= 4 is 17.7 Å². The van der Waals surface area contributed by atoms with Crippen molar-refractivity contribution in [1.82, 2.24) is 15.3 Å². The second-order valence-corrected chi connectivity index (χ2v) is 6.66. The molecule has 0 unspecified atom stereocenters. The number of aryl methyl sites for hydroxylation is 2. The SMILES string of the molecule is COCc1ccc(CNC(=O)CCc2c(C)nc(SC)nc2C)cc1. The number of nitrogens with zero attached hydrogens (tertiary/aromatic N) is 2. The van der Waals surface area contributed by atoms with Crippen molar-refractivity contribution < 1.29 is 9.53 Å². The van der Waals surface area contributed by atoms with Crippen molar-refractivity contribution in [2.45, 2.75) is 45.0 Å². The second-order valence-electron chi connectivity index (χ2n) is 5.89. The molecule has 6 heteroatoms. The van der Waals surface area contributed by atoms with Crippen molar-refractivity contribution in [1.29, 1.82) is 0 Å². The summed E-state index contributed by atoms with van der Waals surface area (Å²) < 4.78 is 5.09. The number of nitrogens with one attached hydrogen (secondary N) is 1. The summed E-state index contributed by atoms with van der Waals surface area (Å²) in [5.74, 6) is 0.0358. The van der Waals surface area contributed by atoms with E-state index in [-0.39, 0.29) is 5.91 Å². The minimum atomic E-state index is 0.0358. The third kappa shape index (κ3) is 5.83. The molecule has 2 rings (SSSR count). The van der Waals surface area contributed by atoms with Gasteiger partial charge in [-0.05, 0) is 43.2 Å². The molecule has 1 amide bonds. The fourth-order valence-electron chi connectivity index (χ4n) is 2.61. The van der Waals surface area contributed by atoms with E-state index in [9.17, 15) is 4.79 Å². The van der Waals surface area contributed by atoms with Gasteiger partial charge in [0.1, 0.15) is 0 Å². The summed E-state index contributed by atoms with van der Waals surface area (Å²) in [7, 11) is 1.68. The van der Waals surface area contributed by atoms with Crippen molar-refractivity contribution in [3.63, 3.8) is 0 Å². The van der Waals surface area contributed by atoms with Crippen LogP contribution in [0.15, 0.2) is 29.4 Å². The number of amides is 1. The molecule has 0 saturated heterocycles. The first-order valence-electron chi connectivity index (χ1n) is 8.25. The van der Waals surface area contributed by atoms with Gasteiger partial charge >= 0.3 is 0 Å². The highest BCUT2D eigenvalue weighted by Gasteiger charge is 2.10. The van der Waals surface area contributed by atoms with Crippen LogP contribution in [-0.2, 0) is 29.1 Å². The number of carbonyl (C=O) groups is 1. The summed E-state index contributed by atoms with van der Waals surface area (Å²) in [6.45, 7) is 5.08. The third-order valence-electron chi connectivity index (χ3n) is 4.01. The summed E-state index contributed by atoms with van der Waals surface area (Å²) in [6.07, 6.45) is 3.06. The Morgan fingerprint density at radius 2 is 1.72 bits per heavy atom. The zero-order valence-corrected chi connectivity index (χ0v) is 16.1. The highest BCUT2D eigenvalue weighted by atomic mass is 32.2. The molecule has 1 heterocycles. The fourth-order valence-corrected chi connectivity index (χ4v) is 3.07. The van der Waals surface area contributed by atoms with Crippen LogP contribution in [0.1, 0.15) is 34.5 Å². The molecular weight excluding hydrogens is 334 g/mol. The Morgan fingerprint density at radius 1 is 1.12 bits per heavy atom. The molecule has 1 aromatic carbocycles. The third-order valence-corrected chi connectivity index (χ3v) is 4.56. The molecule has 1 aromatic heterocycles. The number of benzene rings is 1. The molecule has 0 saturated carbocycles. The van der Waals surface area contributed by atoms with Crippen LogP contribution < -0.4 is 5.32 Å². The van der Waals surface area contributed by atoms with Crippen molar-refractivity contribution in [3.8, 4) is 0 Å². The van der Waals surface area contributed by atoms with E-state index in [1.54, 1.807) is 7.11 Å². The van der Waals surface area contributed by atoms with E-state index >= 15 is 0 Å². The Hall–Kier alpha value is -1.92. The summed E-state index contributed by atoms with van der Waals surface area (Å²) in [6, 6.07) is 8.06. The topological polar surface area (TPSA) is 64.1 Å². The maximum atomic E-state index is 12.1. The van der Waals surface area contributed by atoms with Gasteiger partial charge in [0.15, 0.2) is 5.16 Å². The van der Waals surface area contributed by atoms with Crippen LogP contribution in [0.4, 0.5) is 0 Å². The van der Waals surface area contributed by atoms with E-state index in [0.29, 0.717) is 26.0 Å². The van der Waals surface area contributed by atoms with Crippen molar-refractivity contribution in [3.05, 3.63) is 52.3 Å². The van der Waals surface area contributed by atoms with E-state index in [4.69, 9.17) is 4.74 Å². The fraction of sp³-hybridized carbons (Fsp3) is 0.421. The van der Waals surface area contributed by atoms with Gasteiger partial charge in [0.05, 0.1) is 6.61 Å². The molecule has 134 valence electrons. The number of ether oxygens (including phenoxy) is 1. The van der Waals surface area contributed by atoms with E-state index in [1.165, 1.54) is 11.8 Å². The van der Waals surface area contributed by atoms with Gasteiger partial charge in [-0.3, -0.25) is 4.79 Å². The number of methoxy groups -OCH3 is 1. The summed E-state index contributed by atoms with van der Waals surface area (Å²) in [5, 5.41) is 3.74. The Balaban J connectivity index is 1.85. The van der Waals surface area contributed by atoms with Gasteiger partial charge in [-0.2, -0.15) is 0 Å². The van der Waals surface area contributed by atoms with Crippen molar-refractivity contribution in [2.75, 3.05) is 13.4 Å². The molecule has 0 spiro atoms. The van der Waals surface area contributed by atoms with E-state index in [2.05, 4.69) is 15.3 Å². The number of hydrogen-bond acceptors (Lipinski definition) is 5. The summed E-state index contributed by atoms with van der Waals surface area (Å²) >= 11 is 1.53. The molecule has 0 atom stereocenters. The highest BCUT2D eigenvalue weighted by Crippen LogP contribution is 2.17. The van der Waals surface area contributed by atoms with Crippen LogP contribution in [0.5, 0.6) is 0 Å². The number of rotatable bonds is 8. The van der Waals surface area contributed by atoms with Gasteiger partial charge in [0.25, 0.3) is 0 Å². The van der Waals surface area contributed by atoms with Crippen LogP contribution in [0.2, 0.25) is 0 Å². The predicted molar refractivity (Wildman–Crippen MR) is 101 cm³/mol. The summed E-state index contributed by atoms with van der Waals surface area (Å²) in [5.41, 5.74) is 5.18. The van der Waals surface area contributed by atoms with Crippen molar-refractivity contribution in [2.24, 2.45) is 0 Å². The quantitative estimate of drug-likeness (QED) is 0.579. The number of thioether (sulfide) groups is 1. The van der Waals surface area contributed by atoms with Crippen LogP contribution in [0.25, 0.3) is 0 Å². The lowest BCUT2D eigenvalue weighted by molar-refractivity contribution is -0.121. The second kappa shape index (κ2) is 9.53. The van der Waals surface area contributed by atoms with Gasteiger partial charge in [-0.1, -0.05) is 36.0 Å². The van der Waals surface area contributed by atoms with Crippen LogP contribution in [0.3, 0.4) is 0 Å². The van der Waals surface area contributed by atoms with E-state index < -0.39 is 0 Å². The van der Waals surface area contributed by atoms with E-state index in [0.717, 1.165) is 33.2 Å². The minimum absolute atomic E-state index is 0.0358. The van der Waals surface area contributed by atoms with Gasteiger partial charge in [-0.15, -0.1) is 0 Å². The molecule has 2 aromatic rings. The average Bonchev–Trinajstić information content (AvgIpc) is 2.60. The van der Waals surface area contributed by atoms with E-state index in [1.807, 2.05) is 44.4 Å². The molecule has 25 heavy (non-hydrogen) atoms. The van der Waals surface area contributed by atoms with Gasteiger partial charge < -0.3 is 10.1 Å². The maximum Gasteiger partial charge on any atom is 0.220 e. The number of hydrogen-bond donors (Lipinski definition) is 1. The standard InChI is InChI=1S/C19H25N3O2S/c1-13-17(14(2)22-19(21-13)25-4)9-10-18(23)20-11-15-5-7-16(8-6-15)12-24-3/h5-8H,9-12H2,1-4H3,(H,20,23). The summed E-state index contributed by atoms with van der Waals surface area (Å²) in [4.78, 5) is 21.0. The highest BCUT2D eigenvalue weighted by molar-refractivity contribution is 7.98. The van der Waals surface area contributed by atoms with Crippen LogP contribution in [0, 0.1) is 13.8 Å². The van der Waals surface area contributed by atoms with Crippen LogP contribution in [-0.4, -0.2) is 29.2 Å². The smallest absolute Gasteiger partial charge is 0.220 e. The molecule has 5 nitrogen and oxygen atoms in total. The van der Waals surface area contributed by atoms with Gasteiger partial charge in [-0.25, -0.2) is 9.97 Å². The Labute approximate surface area is 153 Å². The first-order chi connectivity index (χ1) is 12.0. The molecule has 0 radical (unpaired) electrons. The zero-order chi connectivity index (χ0) is 18.2. The average molecular weight is 359 g/mol. The normalized spacial score (nSPS) is 10.7. The number of aromatic nitrogens is 2. The molecular formula is C19H25N3O2S. The molecule has 0 aliphatic carbocycles. The zero-order valence-electron chi connectivity index (χ0n) is 15.3. The first-order valence-corrected chi connectivity index (χ1v) is 9.47. The lowest BCUT2D eigenvalue weighted by Gasteiger charge is -2.10. The lowest BCUT2D eigenvalue weighted by atomic mass is 10.1. The Bertz CT molecular complexity index is 694. The predicted octanol–water partition coefficient (Wildman–Crippen LogP) is 3.21. The molecule has 0 fully saturated rings. The largest absolute Gasteiger partial charge is 0.380 e. The molecule has 0 aliphatic rings. The molecule has 0 bridgehead atoms. The van der Waals surface area contributed by atoms with Gasteiger partial charge in [0, 0.05) is 31.5 Å². The van der Waals surface area contributed by atoms with Crippen LogP contribution >= 0.6 is 11.8 Å². The minimum Gasteiger partial charge on any atom is -0.380 e. The Morgan fingerprint density at radius 3 is 2.28 bits per heavy atom. The maximum absolute atomic E-state index is 12.1.